The van der Waals surface area contributed by atoms with Gasteiger partial charge >= 0.3 is 0 Å². The van der Waals surface area contributed by atoms with Crippen LogP contribution in [0.4, 0.5) is 5.13 Å². The Hall–Kier alpha value is -2.65. The molecular weight excluding hydrogens is 402 g/mol. The zero-order chi connectivity index (χ0) is 20.9. The van der Waals surface area contributed by atoms with E-state index >= 15 is 0 Å². The van der Waals surface area contributed by atoms with Crippen molar-refractivity contribution < 1.29 is 14.3 Å². The Kier molecular flexibility index (Phi) is 6.49. The predicted octanol–water partition coefficient (Wildman–Crippen LogP) is 2.84. The third-order valence-electron chi connectivity index (χ3n) is 5.31. The van der Waals surface area contributed by atoms with Gasteiger partial charge in [-0.1, -0.05) is 11.3 Å². The first-order valence-electron chi connectivity index (χ1n) is 10.2. The number of nitrogens with zero attached hydrogens (tertiary/aromatic N) is 4. The van der Waals surface area contributed by atoms with Crippen LogP contribution in [0.2, 0.25) is 0 Å². The van der Waals surface area contributed by atoms with Crippen LogP contribution in [0, 0.1) is 5.92 Å². The molecule has 30 heavy (non-hydrogen) atoms. The number of fused-ring (bicyclic) bond motifs is 1. The molecule has 9 heteroatoms. The molecule has 0 unspecified atom stereocenters. The highest BCUT2D eigenvalue weighted by Gasteiger charge is 2.27. The van der Waals surface area contributed by atoms with E-state index in [4.69, 9.17) is 19.6 Å². The molecule has 160 valence electrons. The van der Waals surface area contributed by atoms with Gasteiger partial charge in [0, 0.05) is 38.9 Å². The number of rotatable bonds is 8. The fourth-order valence-corrected chi connectivity index (χ4v) is 4.57. The number of amides is 1. The summed E-state index contributed by atoms with van der Waals surface area (Å²) in [5, 5.41) is 8.66. The third kappa shape index (κ3) is 4.57. The van der Waals surface area contributed by atoms with E-state index in [1.165, 1.54) is 0 Å². The van der Waals surface area contributed by atoms with Crippen LogP contribution in [0.15, 0.2) is 30.5 Å². The van der Waals surface area contributed by atoms with Crippen LogP contribution in [-0.4, -0.2) is 61.0 Å². The molecule has 1 aliphatic heterocycles. The van der Waals surface area contributed by atoms with Crippen molar-refractivity contribution >= 4 is 27.3 Å². The number of hydrogen-bond donors (Lipinski definition) is 1. The number of carbonyl (C=O) groups excluding carboxylic acids is 1. The van der Waals surface area contributed by atoms with Crippen LogP contribution in [0.25, 0.3) is 16.2 Å². The van der Waals surface area contributed by atoms with E-state index in [2.05, 4.69) is 10.2 Å². The maximum absolute atomic E-state index is 12.5. The van der Waals surface area contributed by atoms with Gasteiger partial charge in [0.1, 0.15) is 5.75 Å². The molecule has 1 atom stereocenters. The highest BCUT2D eigenvalue weighted by atomic mass is 32.1. The van der Waals surface area contributed by atoms with E-state index in [-0.39, 0.29) is 11.8 Å². The SMILES string of the molecule is COCCCNC(=O)[C@@H]1CCCN(c2nn3cc(-c4ccc(OC)cc4)nc3s2)C1. The van der Waals surface area contributed by atoms with Crippen LogP contribution in [-0.2, 0) is 9.53 Å². The van der Waals surface area contributed by atoms with Crippen molar-refractivity contribution in [2.45, 2.75) is 19.3 Å². The molecule has 3 aromatic rings. The van der Waals surface area contributed by atoms with E-state index < -0.39 is 0 Å². The molecule has 1 aromatic carbocycles. The smallest absolute Gasteiger partial charge is 0.224 e. The van der Waals surface area contributed by atoms with E-state index in [0.29, 0.717) is 19.7 Å². The Morgan fingerprint density at radius 3 is 2.87 bits per heavy atom. The number of imidazole rings is 1. The predicted molar refractivity (Wildman–Crippen MR) is 117 cm³/mol. The molecule has 1 amide bonds. The van der Waals surface area contributed by atoms with Crippen molar-refractivity contribution in [3.63, 3.8) is 0 Å². The Morgan fingerprint density at radius 1 is 1.30 bits per heavy atom. The van der Waals surface area contributed by atoms with Gasteiger partial charge in [-0.2, -0.15) is 0 Å². The van der Waals surface area contributed by atoms with Crippen LogP contribution < -0.4 is 15.0 Å². The van der Waals surface area contributed by atoms with Gasteiger partial charge in [0.05, 0.1) is 24.9 Å². The lowest BCUT2D eigenvalue weighted by Gasteiger charge is -2.31. The quantitative estimate of drug-likeness (QED) is 0.555. The molecule has 1 fully saturated rings. The maximum Gasteiger partial charge on any atom is 0.224 e. The van der Waals surface area contributed by atoms with Gasteiger partial charge in [-0.3, -0.25) is 4.79 Å². The number of nitrogens with one attached hydrogen (secondary N) is 1. The first kappa shape index (κ1) is 20.6. The first-order valence-corrected chi connectivity index (χ1v) is 11.0. The fourth-order valence-electron chi connectivity index (χ4n) is 3.66. The second-order valence-corrected chi connectivity index (χ2v) is 8.32. The molecule has 0 saturated carbocycles. The summed E-state index contributed by atoms with van der Waals surface area (Å²) in [7, 11) is 3.33. The topological polar surface area (TPSA) is 81.0 Å². The van der Waals surface area contributed by atoms with E-state index in [1.54, 1.807) is 25.6 Å². The molecule has 2 aromatic heterocycles. The van der Waals surface area contributed by atoms with Crippen molar-refractivity contribution in [2.24, 2.45) is 5.92 Å². The van der Waals surface area contributed by atoms with Gasteiger partial charge in [0.15, 0.2) is 0 Å². The molecule has 1 N–H and O–H groups in total. The van der Waals surface area contributed by atoms with Crippen molar-refractivity contribution in [1.29, 1.82) is 0 Å². The van der Waals surface area contributed by atoms with Gasteiger partial charge in [0.25, 0.3) is 0 Å². The third-order valence-corrected chi connectivity index (χ3v) is 6.29. The average Bonchev–Trinajstić information content (AvgIpc) is 3.36. The zero-order valence-electron chi connectivity index (χ0n) is 17.3. The zero-order valence-corrected chi connectivity index (χ0v) is 18.2. The average molecular weight is 430 g/mol. The summed E-state index contributed by atoms with van der Waals surface area (Å²) in [6, 6.07) is 7.84. The molecule has 0 aliphatic carbocycles. The minimum absolute atomic E-state index is 0.00706. The van der Waals surface area contributed by atoms with Crippen molar-refractivity contribution in [1.82, 2.24) is 19.9 Å². The van der Waals surface area contributed by atoms with Crippen LogP contribution in [0.5, 0.6) is 5.75 Å². The molecule has 3 heterocycles. The number of aromatic nitrogens is 3. The molecule has 0 bridgehead atoms. The molecule has 4 rings (SSSR count). The van der Waals surface area contributed by atoms with E-state index in [9.17, 15) is 4.79 Å². The summed E-state index contributed by atoms with van der Waals surface area (Å²) in [6.45, 7) is 2.92. The van der Waals surface area contributed by atoms with Gasteiger partial charge in [-0.05, 0) is 43.5 Å². The van der Waals surface area contributed by atoms with Crippen LogP contribution in [0.1, 0.15) is 19.3 Å². The van der Waals surface area contributed by atoms with Crippen molar-refractivity contribution in [3.8, 4) is 17.0 Å². The van der Waals surface area contributed by atoms with Gasteiger partial charge < -0.3 is 19.7 Å². The Balaban J connectivity index is 1.41. The second kappa shape index (κ2) is 9.44. The number of hydrogen-bond acceptors (Lipinski definition) is 7. The molecule has 0 spiro atoms. The van der Waals surface area contributed by atoms with E-state index in [0.717, 1.165) is 52.9 Å². The summed E-state index contributed by atoms with van der Waals surface area (Å²) in [4.78, 5) is 20.3. The minimum Gasteiger partial charge on any atom is -0.497 e. The minimum atomic E-state index is -0.00706. The number of ether oxygens (including phenoxy) is 2. The lowest BCUT2D eigenvalue weighted by Crippen LogP contribution is -2.43. The largest absolute Gasteiger partial charge is 0.497 e. The summed E-state index contributed by atoms with van der Waals surface area (Å²) >= 11 is 1.56. The lowest BCUT2D eigenvalue weighted by molar-refractivity contribution is -0.125. The molecule has 1 aliphatic rings. The van der Waals surface area contributed by atoms with Crippen LogP contribution >= 0.6 is 11.3 Å². The number of carbonyl (C=O) groups is 1. The standard InChI is InChI=1S/C21H27N5O3S/c1-28-12-4-10-22-19(27)16-5-3-11-25(13-16)21-24-26-14-18(23-20(26)30-21)15-6-8-17(29-2)9-7-15/h6-9,14,16H,3-5,10-13H2,1-2H3,(H,22,27)/t16-/m1/s1. The van der Waals surface area contributed by atoms with Crippen LogP contribution in [0.3, 0.4) is 0 Å². The highest BCUT2D eigenvalue weighted by Crippen LogP contribution is 2.30. The Morgan fingerprint density at radius 2 is 2.13 bits per heavy atom. The van der Waals surface area contributed by atoms with Gasteiger partial charge in [-0.15, -0.1) is 5.10 Å². The van der Waals surface area contributed by atoms with Gasteiger partial charge in [-0.25, -0.2) is 9.50 Å². The number of anilines is 1. The second-order valence-electron chi connectivity index (χ2n) is 7.39. The summed E-state index contributed by atoms with van der Waals surface area (Å²) in [6.07, 6.45) is 4.67. The normalized spacial score (nSPS) is 16.7. The first-order chi connectivity index (χ1) is 14.7. The summed E-state index contributed by atoms with van der Waals surface area (Å²) in [5.74, 6) is 0.939. The lowest BCUT2D eigenvalue weighted by atomic mass is 9.97. The van der Waals surface area contributed by atoms with Crippen molar-refractivity contribution in [3.05, 3.63) is 30.5 Å². The molecule has 8 nitrogen and oxygen atoms in total. The monoisotopic (exact) mass is 429 g/mol. The van der Waals surface area contributed by atoms with Gasteiger partial charge in [0.2, 0.25) is 16.0 Å². The Labute approximate surface area is 179 Å². The highest BCUT2D eigenvalue weighted by molar-refractivity contribution is 7.20. The number of benzene rings is 1. The maximum atomic E-state index is 12.5. The number of piperidine rings is 1. The number of methoxy groups -OCH3 is 2. The summed E-state index contributed by atoms with van der Waals surface area (Å²) < 4.78 is 12.1. The van der Waals surface area contributed by atoms with Crippen molar-refractivity contribution in [2.75, 3.05) is 45.4 Å². The molecule has 1 saturated heterocycles. The Bertz CT molecular complexity index is 953. The molecular formula is C21H27N5O3S. The summed E-state index contributed by atoms with van der Waals surface area (Å²) in [5.41, 5.74) is 1.91. The van der Waals surface area contributed by atoms with E-state index in [1.807, 2.05) is 35.0 Å². The fraction of sp³-hybridized carbons (Fsp3) is 0.476. The molecule has 0 radical (unpaired) electrons.